The number of amides is 1. The van der Waals surface area contributed by atoms with Gasteiger partial charge in [0.15, 0.2) is 5.75 Å². The van der Waals surface area contributed by atoms with Gasteiger partial charge in [-0.15, -0.1) is 0 Å². The monoisotopic (exact) mass is 510 g/mol. The van der Waals surface area contributed by atoms with Crippen molar-refractivity contribution in [1.82, 2.24) is 4.90 Å². The molecule has 0 bridgehead atoms. The number of nitrogens with zero attached hydrogens (tertiary/aromatic N) is 1. The fraction of sp³-hybridized carbons (Fsp3) is 0.619. The van der Waals surface area contributed by atoms with E-state index in [9.17, 15) is 31.2 Å². The van der Waals surface area contributed by atoms with Crippen molar-refractivity contribution in [3.63, 3.8) is 0 Å². The molecule has 1 aromatic rings. The molecule has 1 saturated heterocycles. The Morgan fingerprint density at radius 2 is 1.76 bits per heavy atom. The van der Waals surface area contributed by atoms with Gasteiger partial charge < -0.3 is 19.1 Å². The smallest absolute Gasteiger partial charge is 0.420 e. The molecule has 0 aliphatic carbocycles. The van der Waals surface area contributed by atoms with Gasteiger partial charge in [-0.1, -0.05) is 0 Å². The van der Waals surface area contributed by atoms with Crippen molar-refractivity contribution in [3.8, 4) is 5.75 Å². The highest BCUT2D eigenvalue weighted by Crippen LogP contribution is 2.39. The van der Waals surface area contributed by atoms with E-state index in [2.05, 4.69) is 4.74 Å². The molecule has 1 aliphatic rings. The number of carbonyl (C=O) groups excluding carboxylic acids is 2. The van der Waals surface area contributed by atoms with Crippen LogP contribution in [0.2, 0.25) is 0 Å². The number of carbonyl (C=O) groups is 2. The number of sulfonamides is 1. The third kappa shape index (κ3) is 8.58. The number of hydrogen-bond donors (Lipinski definition) is 1. The fourth-order valence-electron chi connectivity index (χ4n) is 3.15. The van der Waals surface area contributed by atoms with Crippen molar-refractivity contribution >= 4 is 27.8 Å². The number of likely N-dealkylation sites (tertiary alicyclic amines) is 1. The van der Waals surface area contributed by atoms with Gasteiger partial charge in [-0.25, -0.2) is 13.2 Å². The van der Waals surface area contributed by atoms with Crippen molar-refractivity contribution in [2.24, 2.45) is 0 Å². The largest absolute Gasteiger partial charge is 0.490 e. The second-order valence-corrected chi connectivity index (χ2v) is 10.4. The van der Waals surface area contributed by atoms with Gasteiger partial charge in [0.2, 0.25) is 10.0 Å². The Bertz CT molecular complexity index is 983. The van der Waals surface area contributed by atoms with E-state index < -0.39 is 57.0 Å². The van der Waals surface area contributed by atoms with Gasteiger partial charge in [0.1, 0.15) is 17.5 Å². The van der Waals surface area contributed by atoms with Gasteiger partial charge in [-0.2, -0.15) is 13.2 Å². The molecule has 1 heterocycles. The normalized spacial score (nSPS) is 15.6. The summed E-state index contributed by atoms with van der Waals surface area (Å²) in [4.78, 5) is 25.0. The maximum atomic E-state index is 13.7. The lowest BCUT2D eigenvalue weighted by Crippen LogP contribution is -2.44. The Kier molecular flexibility index (Phi) is 8.67. The molecular weight excluding hydrogens is 481 g/mol. The Balaban J connectivity index is 2.09. The molecule has 1 fully saturated rings. The molecule has 0 aromatic heterocycles. The number of ether oxygens (including phenoxy) is 3. The zero-order valence-electron chi connectivity index (χ0n) is 19.4. The summed E-state index contributed by atoms with van der Waals surface area (Å²) in [5, 5.41) is 0. The Labute approximate surface area is 196 Å². The standard InChI is InChI=1S/C21H29F3N2O7S/c1-5-31-18(27)13-34(29,30)25-14-6-7-17(16(12-14)21(22,23)24)32-15-8-10-26(11-9-15)19(28)33-20(2,3)4/h6-7,12,15,25H,5,8-11,13H2,1-4H3. The van der Waals surface area contributed by atoms with Crippen LogP contribution in [0.4, 0.5) is 23.7 Å². The van der Waals surface area contributed by atoms with Gasteiger partial charge in [0.25, 0.3) is 0 Å². The zero-order chi connectivity index (χ0) is 25.7. The van der Waals surface area contributed by atoms with Crippen LogP contribution in [0.15, 0.2) is 18.2 Å². The minimum absolute atomic E-state index is 0.0324. The minimum Gasteiger partial charge on any atom is -0.490 e. The number of esters is 1. The summed E-state index contributed by atoms with van der Waals surface area (Å²) in [6, 6.07) is 2.74. The third-order valence-corrected chi connectivity index (χ3v) is 5.72. The second-order valence-electron chi connectivity index (χ2n) is 8.66. The molecule has 1 amide bonds. The minimum atomic E-state index is -4.82. The topological polar surface area (TPSA) is 111 Å². The number of piperidine rings is 1. The summed E-state index contributed by atoms with van der Waals surface area (Å²) in [5.41, 5.74) is -2.20. The highest BCUT2D eigenvalue weighted by molar-refractivity contribution is 7.93. The molecule has 0 radical (unpaired) electrons. The predicted molar refractivity (Wildman–Crippen MR) is 117 cm³/mol. The average Bonchev–Trinajstić information content (AvgIpc) is 2.67. The van der Waals surface area contributed by atoms with E-state index in [0.29, 0.717) is 18.9 Å². The van der Waals surface area contributed by atoms with Crippen LogP contribution in [0.1, 0.15) is 46.1 Å². The molecule has 0 atom stereocenters. The summed E-state index contributed by atoms with van der Waals surface area (Å²) < 4.78 is 82.4. The Hall–Kier alpha value is -2.70. The summed E-state index contributed by atoms with van der Waals surface area (Å²) in [5.74, 6) is -2.52. The third-order valence-electron chi connectivity index (χ3n) is 4.56. The molecule has 0 saturated carbocycles. The van der Waals surface area contributed by atoms with Gasteiger partial charge in [0.05, 0.1) is 12.2 Å². The lowest BCUT2D eigenvalue weighted by atomic mass is 10.1. The number of alkyl halides is 3. The molecule has 0 unspecified atom stereocenters. The van der Waals surface area contributed by atoms with E-state index >= 15 is 0 Å². The van der Waals surface area contributed by atoms with Gasteiger partial charge in [-0.05, 0) is 45.9 Å². The van der Waals surface area contributed by atoms with Crippen molar-refractivity contribution in [3.05, 3.63) is 23.8 Å². The van der Waals surface area contributed by atoms with Crippen LogP contribution in [-0.4, -0.2) is 62.5 Å². The number of rotatable bonds is 7. The number of hydrogen-bond acceptors (Lipinski definition) is 7. The van der Waals surface area contributed by atoms with Crippen molar-refractivity contribution in [2.75, 3.05) is 30.2 Å². The molecule has 1 aromatic carbocycles. The number of halogens is 3. The molecule has 192 valence electrons. The number of benzene rings is 1. The van der Waals surface area contributed by atoms with Crippen LogP contribution < -0.4 is 9.46 Å². The van der Waals surface area contributed by atoms with Crippen LogP contribution in [0.3, 0.4) is 0 Å². The zero-order valence-corrected chi connectivity index (χ0v) is 20.2. The Morgan fingerprint density at radius 1 is 1.15 bits per heavy atom. The van der Waals surface area contributed by atoms with E-state index in [1.807, 2.05) is 4.72 Å². The molecule has 13 heteroatoms. The van der Waals surface area contributed by atoms with E-state index in [4.69, 9.17) is 9.47 Å². The molecule has 1 aliphatic heterocycles. The van der Waals surface area contributed by atoms with Crippen LogP contribution in [0.25, 0.3) is 0 Å². The second kappa shape index (κ2) is 10.7. The first-order valence-corrected chi connectivity index (χ1v) is 12.3. The lowest BCUT2D eigenvalue weighted by molar-refractivity contribution is -0.140. The average molecular weight is 511 g/mol. The summed E-state index contributed by atoms with van der Waals surface area (Å²) in [6.45, 7) is 7.18. The van der Waals surface area contributed by atoms with Crippen molar-refractivity contribution < 1.29 is 45.4 Å². The highest BCUT2D eigenvalue weighted by atomic mass is 32.2. The fourth-order valence-corrected chi connectivity index (χ4v) is 4.11. The summed E-state index contributed by atoms with van der Waals surface area (Å²) in [6.07, 6.45) is -5.31. The van der Waals surface area contributed by atoms with Crippen LogP contribution in [0, 0.1) is 0 Å². The summed E-state index contributed by atoms with van der Waals surface area (Å²) >= 11 is 0. The predicted octanol–water partition coefficient (Wildman–Crippen LogP) is 3.79. The van der Waals surface area contributed by atoms with E-state index in [1.165, 1.54) is 11.8 Å². The van der Waals surface area contributed by atoms with Crippen molar-refractivity contribution in [2.45, 2.75) is 58.4 Å². The van der Waals surface area contributed by atoms with E-state index in [0.717, 1.165) is 12.1 Å². The molecular formula is C21H29F3N2O7S. The molecule has 1 N–H and O–H groups in total. The highest BCUT2D eigenvalue weighted by Gasteiger charge is 2.36. The first-order chi connectivity index (χ1) is 15.6. The van der Waals surface area contributed by atoms with Crippen LogP contribution >= 0.6 is 0 Å². The van der Waals surface area contributed by atoms with Crippen LogP contribution in [-0.2, 0) is 30.5 Å². The molecule has 2 rings (SSSR count). The SMILES string of the molecule is CCOC(=O)CS(=O)(=O)Nc1ccc(OC2CCN(C(=O)OC(C)(C)C)CC2)c(C(F)(F)F)c1. The maximum absolute atomic E-state index is 13.7. The van der Waals surface area contributed by atoms with E-state index in [1.54, 1.807) is 20.8 Å². The molecule has 0 spiro atoms. The molecule has 9 nitrogen and oxygen atoms in total. The first-order valence-electron chi connectivity index (χ1n) is 10.6. The lowest BCUT2D eigenvalue weighted by Gasteiger charge is -2.33. The van der Waals surface area contributed by atoms with Gasteiger partial charge in [-0.3, -0.25) is 9.52 Å². The van der Waals surface area contributed by atoms with Crippen LogP contribution in [0.5, 0.6) is 5.75 Å². The number of anilines is 1. The van der Waals surface area contributed by atoms with Gasteiger partial charge in [0, 0.05) is 31.6 Å². The molecule has 34 heavy (non-hydrogen) atoms. The summed E-state index contributed by atoms with van der Waals surface area (Å²) in [7, 11) is -4.27. The van der Waals surface area contributed by atoms with E-state index in [-0.39, 0.29) is 25.4 Å². The Morgan fingerprint density at radius 3 is 2.29 bits per heavy atom. The first kappa shape index (κ1) is 27.5. The van der Waals surface area contributed by atoms with Crippen molar-refractivity contribution in [1.29, 1.82) is 0 Å². The number of nitrogens with one attached hydrogen (secondary N) is 1. The quantitative estimate of drug-likeness (QED) is 0.556. The maximum Gasteiger partial charge on any atom is 0.420 e. The van der Waals surface area contributed by atoms with Gasteiger partial charge >= 0.3 is 18.2 Å².